The minimum Gasteiger partial charge on any atom is -0.493 e. The molecular formula is C19H26N2O3S. The number of ketones is 1. The number of nitrogens with zero attached hydrogens (tertiary/aromatic N) is 2. The number of ether oxygens (including phenoxy) is 2. The van der Waals surface area contributed by atoms with Crippen molar-refractivity contribution in [3.05, 3.63) is 35.2 Å². The maximum Gasteiger partial charge on any atom is 0.173 e. The van der Waals surface area contributed by atoms with Crippen LogP contribution < -0.4 is 9.47 Å². The van der Waals surface area contributed by atoms with Crippen molar-refractivity contribution < 1.29 is 14.3 Å². The summed E-state index contributed by atoms with van der Waals surface area (Å²) >= 11 is 1.48. The van der Waals surface area contributed by atoms with Gasteiger partial charge in [0, 0.05) is 17.8 Å². The van der Waals surface area contributed by atoms with Gasteiger partial charge in [-0.1, -0.05) is 25.6 Å². The molecular weight excluding hydrogens is 336 g/mol. The molecule has 0 N–H and O–H groups in total. The fourth-order valence-corrected chi connectivity index (χ4v) is 3.53. The lowest BCUT2D eigenvalue weighted by Gasteiger charge is -2.12. The van der Waals surface area contributed by atoms with Gasteiger partial charge in [0.05, 0.1) is 25.7 Å². The third-order valence-electron chi connectivity index (χ3n) is 4.01. The number of methoxy groups -OCH3 is 2. The van der Waals surface area contributed by atoms with Gasteiger partial charge < -0.3 is 14.0 Å². The smallest absolute Gasteiger partial charge is 0.173 e. The van der Waals surface area contributed by atoms with Gasteiger partial charge in [-0.05, 0) is 38.0 Å². The van der Waals surface area contributed by atoms with Gasteiger partial charge >= 0.3 is 0 Å². The first-order valence-corrected chi connectivity index (χ1v) is 9.27. The number of thioether (sulfide) groups is 1. The number of rotatable bonds is 8. The first-order valence-electron chi connectivity index (χ1n) is 8.29. The van der Waals surface area contributed by atoms with Crippen LogP contribution in [0.3, 0.4) is 0 Å². The summed E-state index contributed by atoms with van der Waals surface area (Å²) in [7, 11) is 3.14. The van der Waals surface area contributed by atoms with Crippen LogP contribution in [0, 0.1) is 19.8 Å². The molecule has 0 atom stereocenters. The van der Waals surface area contributed by atoms with E-state index in [-0.39, 0.29) is 5.78 Å². The molecule has 1 aromatic heterocycles. The predicted molar refractivity (Wildman–Crippen MR) is 101 cm³/mol. The second kappa shape index (κ2) is 8.43. The highest BCUT2D eigenvalue weighted by Gasteiger charge is 2.16. The van der Waals surface area contributed by atoms with E-state index in [1.54, 1.807) is 32.4 Å². The van der Waals surface area contributed by atoms with E-state index in [1.807, 2.05) is 6.92 Å². The van der Waals surface area contributed by atoms with E-state index in [4.69, 9.17) is 9.47 Å². The van der Waals surface area contributed by atoms with Gasteiger partial charge in [-0.2, -0.15) is 0 Å². The Morgan fingerprint density at radius 3 is 2.48 bits per heavy atom. The molecule has 0 amide bonds. The molecule has 1 aromatic carbocycles. The van der Waals surface area contributed by atoms with Crippen molar-refractivity contribution in [3.63, 3.8) is 0 Å². The molecule has 136 valence electrons. The van der Waals surface area contributed by atoms with Crippen molar-refractivity contribution in [2.45, 2.75) is 39.4 Å². The van der Waals surface area contributed by atoms with Crippen LogP contribution in [-0.2, 0) is 6.54 Å². The summed E-state index contributed by atoms with van der Waals surface area (Å²) in [5.74, 6) is 2.08. The highest BCUT2D eigenvalue weighted by molar-refractivity contribution is 7.99. The van der Waals surface area contributed by atoms with Crippen molar-refractivity contribution in [2.24, 2.45) is 5.92 Å². The van der Waals surface area contributed by atoms with Gasteiger partial charge in [-0.15, -0.1) is 0 Å². The van der Waals surface area contributed by atoms with Crippen molar-refractivity contribution >= 4 is 17.5 Å². The Kier molecular flexibility index (Phi) is 6.53. The second-order valence-electron chi connectivity index (χ2n) is 6.35. The summed E-state index contributed by atoms with van der Waals surface area (Å²) in [5.41, 5.74) is 2.79. The Morgan fingerprint density at radius 1 is 1.20 bits per heavy atom. The average molecular weight is 362 g/mol. The topological polar surface area (TPSA) is 53.3 Å². The molecule has 2 rings (SSSR count). The van der Waals surface area contributed by atoms with Crippen LogP contribution in [0.1, 0.15) is 35.6 Å². The molecule has 0 unspecified atom stereocenters. The van der Waals surface area contributed by atoms with Crippen molar-refractivity contribution in [1.29, 1.82) is 0 Å². The maximum atomic E-state index is 12.6. The highest BCUT2D eigenvalue weighted by atomic mass is 32.2. The third-order valence-corrected chi connectivity index (χ3v) is 4.98. The molecule has 0 aliphatic carbocycles. The molecule has 0 spiro atoms. The number of benzene rings is 1. The number of Topliss-reactive ketones (excluding diaryl/α,β-unsaturated/α-hetero) is 1. The van der Waals surface area contributed by atoms with E-state index in [2.05, 4.69) is 30.3 Å². The number of imidazole rings is 1. The normalized spacial score (nSPS) is 11.0. The summed E-state index contributed by atoms with van der Waals surface area (Å²) < 4.78 is 12.7. The lowest BCUT2D eigenvalue weighted by Crippen LogP contribution is -2.09. The zero-order valence-electron chi connectivity index (χ0n) is 15.8. The number of carbonyl (C=O) groups is 1. The van der Waals surface area contributed by atoms with E-state index in [0.717, 1.165) is 23.1 Å². The third kappa shape index (κ3) is 4.57. The van der Waals surface area contributed by atoms with Gasteiger partial charge in [0.25, 0.3) is 0 Å². The first kappa shape index (κ1) is 19.4. The summed E-state index contributed by atoms with van der Waals surface area (Å²) in [5, 5.41) is 0.900. The van der Waals surface area contributed by atoms with Crippen LogP contribution in [-0.4, -0.2) is 35.3 Å². The molecule has 0 fully saturated rings. The molecule has 6 heteroatoms. The van der Waals surface area contributed by atoms with Crippen LogP contribution in [0.4, 0.5) is 0 Å². The second-order valence-corrected chi connectivity index (χ2v) is 7.29. The predicted octanol–water partition coefficient (Wildman–Crippen LogP) is 4.15. The van der Waals surface area contributed by atoms with Gasteiger partial charge in [-0.3, -0.25) is 4.79 Å². The first-order chi connectivity index (χ1) is 11.9. The molecule has 0 aliphatic heterocycles. The van der Waals surface area contributed by atoms with Crippen LogP contribution in [0.5, 0.6) is 11.5 Å². The van der Waals surface area contributed by atoms with Gasteiger partial charge in [0.15, 0.2) is 22.4 Å². The molecule has 0 saturated carbocycles. The zero-order chi connectivity index (χ0) is 18.6. The van der Waals surface area contributed by atoms with E-state index in [0.29, 0.717) is 28.7 Å². The Labute approximate surface area is 153 Å². The van der Waals surface area contributed by atoms with Crippen LogP contribution in [0.2, 0.25) is 0 Å². The van der Waals surface area contributed by atoms with Crippen LogP contribution in [0.15, 0.2) is 23.4 Å². The molecule has 25 heavy (non-hydrogen) atoms. The number of hydrogen-bond acceptors (Lipinski definition) is 5. The number of carbonyl (C=O) groups excluding carboxylic acids is 1. The monoisotopic (exact) mass is 362 g/mol. The van der Waals surface area contributed by atoms with Crippen molar-refractivity contribution in [1.82, 2.24) is 9.55 Å². The molecule has 0 radical (unpaired) electrons. The molecule has 2 aromatic rings. The van der Waals surface area contributed by atoms with Gasteiger partial charge in [0.2, 0.25) is 0 Å². The molecule has 5 nitrogen and oxygen atoms in total. The summed E-state index contributed by atoms with van der Waals surface area (Å²) in [6, 6.07) is 5.24. The fraction of sp³-hybridized carbons (Fsp3) is 0.474. The van der Waals surface area contributed by atoms with Gasteiger partial charge in [0.1, 0.15) is 0 Å². The summed E-state index contributed by atoms with van der Waals surface area (Å²) in [6.07, 6.45) is 0. The van der Waals surface area contributed by atoms with E-state index >= 15 is 0 Å². The molecule has 0 saturated heterocycles. The fourth-order valence-electron chi connectivity index (χ4n) is 2.54. The van der Waals surface area contributed by atoms with Gasteiger partial charge in [-0.25, -0.2) is 4.98 Å². The minimum absolute atomic E-state index is 0.0420. The highest BCUT2D eigenvalue weighted by Crippen LogP contribution is 2.29. The number of aromatic nitrogens is 2. The van der Waals surface area contributed by atoms with Crippen molar-refractivity contribution in [3.8, 4) is 11.5 Å². The minimum atomic E-state index is 0.0420. The van der Waals surface area contributed by atoms with Crippen molar-refractivity contribution in [2.75, 3.05) is 20.0 Å². The zero-order valence-corrected chi connectivity index (χ0v) is 16.6. The molecule has 0 aliphatic rings. The Bertz CT molecular complexity index is 753. The van der Waals surface area contributed by atoms with E-state index in [9.17, 15) is 4.79 Å². The number of hydrogen-bond donors (Lipinski definition) is 0. The van der Waals surface area contributed by atoms with E-state index in [1.165, 1.54) is 11.8 Å². The molecule has 0 bridgehead atoms. The molecule has 1 heterocycles. The Morgan fingerprint density at radius 2 is 1.88 bits per heavy atom. The lowest BCUT2D eigenvalue weighted by molar-refractivity contribution is 0.102. The van der Waals surface area contributed by atoms with Crippen LogP contribution >= 0.6 is 11.8 Å². The van der Waals surface area contributed by atoms with Crippen LogP contribution in [0.25, 0.3) is 0 Å². The Hall–Kier alpha value is -1.95. The average Bonchev–Trinajstić information content (AvgIpc) is 2.86. The standard InChI is InChI=1S/C19H26N2O3S/c1-12(2)10-21-14(4)13(3)20-19(21)25-11-16(22)15-7-8-17(23-5)18(9-15)24-6/h7-9,12H,10-11H2,1-6H3. The largest absolute Gasteiger partial charge is 0.493 e. The quantitative estimate of drug-likeness (QED) is 0.522. The maximum absolute atomic E-state index is 12.6. The van der Waals surface area contributed by atoms with E-state index < -0.39 is 0 Å². The SMILES string of the molecule is COc1ccc(C(=O)CSc2nc(C)c(C)n2CC(C)C)cc1OC. The number of aryl methyl sites for hydroxylation is 1. The Balaban J connectivity index is 2.14. The lowest BCUT2D eigenvalue weighted by atomic mass is 10.1. The summed E-state index contributed by atoms with van der Waals surface area (Å²) in [6.45, 7) is 9.34. The summed E-state index contributed by atoms with van der Waals surface area (Å²) in [4.78, 5) is 17.2.